The van der Waals surface area contributed by atoms with E-state index in [0.29, 0.717) is 23.6 Å². The van der Waals surface area contributed by atoms with Crippen LogP contribution in [0.15, 0.2) is 6.07 Å². The summed E-state index contributed by atoms with van der Waals surface area (Å²) in [4.78, 5) is 11.0. The molecule has 0 aromatic carbocycles. The topological polar surface area (TPSA) is 137 Å². The van der Waals surface area contributed by atoms with Crippen LogP contribution in [0.25, 0.3) is 5.65 Å². The van der Waals surface area contributed by atoms with Gasteiger partial charge in [-0.2, -0.15) is 19.6 Å². The zero-order chi connectivity index (χ0) is 20.5. The van der Waals surface area contributed by atoms with Crippen LogP contribution in [0.5, 0.6) is 0 Å². The first kappa shape index (κ1) is 21.0. The van der Waals surface area contributed by atoms with E-state index >= 15 is 0 Å². The van der Waals surface area contributed by atoms with Crippen molar-refractivity contribution in [1.29, 1.82) is 0 Å². The highest BCUT2D eigenvalue weighted by molar-refractivity contribution is 7.89. The molecule has 0 radical (unpaired) electrons. The third-order valence-electron chi connectivity index (χ3n) is 4.34. The number of aliphatic hydroxyl groups is 1. The minimum atomic E-state index is -3.59. The number of sulfonamides is 1. The van der Waals surface area contributed by atoms with Crippen LogP contribution in [-0.4, -0.2) is 83.7 Å². The van der Waals surface area contributed by atoms with E-state index in [9.17, 15) is 13.5 Å². The number of hydrogen-bond donors (Lipinski definition) is 4. The Kier molecular flexibility index (Phi) is 5.96. The highest BCUT2D eigenvalue weighted by Gasteiger charge is 2.28. The fourth-order valence-electron chi connectivity index (χ4n) is 2.73. The van der Waals surface area contributed by atoms with Gasteiger partial charge >= 0.3 is 0 Å². The molecule has 2 aromatic rings. The molecule has 4 N–H and O–H groups in total. The molecular formula is C15H25ClN8O3S. The summed E-state index contributed by atoms with van der Waals surface area (Å²) >= 11 is 6.00. The molecule has 0 aliphatic carbocycles. The average molecular weight is 433 g/mol. The van der Waals surface area contributed by atoms with E-state index in [1.807, 2.05) is 11.9 Å². The number of nitrogens with zero attached hydrogens (tertiary/aromatic N) is 5. The first-order chi connectivity index (χ1) is 13.1. The van der Waals surface area contributed by atoms with Crippen molar-refractivity contribution in [3.63, 3.8) is 0 Å². The molecule has 0 unspecified atom stereocenters. The standard InChI is InChI=1S/C15H25ClN8O3S/c1-15(2,9-25)22-28(26,27)5-4-18-13-20-14(23-7-10(8-23)17-3)19-12-6-11(16)21-24(12)13/h6,10,17,22,25H,4-5,7-9H2,1-3H3,(H,18,19,20). The number of likely N-dealkylation sites (N-methyl/N-ethyl adjacent to an activating group) is 1. The maximum absolute atomic E-state index is 12.2. The number of aliphatic hydroxyl groups excluding tert-OH is 1. The molecule has 0 saturated carbocycles. The summed E-state index contributed by atoms with van der Waals surface area (Å²) in [5.41, 5.74) is -0.404. The number of nitrogens with one attached hydrogen (secondary N) is 3. The number of anilines is 2. The SMILES string of the molecule is CNC1CN(c2nc(NCCS(=O)(=O)NC(C)(C)CO)n3nc(Cl)cc3n2)C1. The second-order valence-corrected chi connectivity index (χ2v) is 9.59. The second kappa shape index (κ2) is 7.95. The van der Waals surface area contributed by atoms with Crippen molar-refractivity contribution in [3.05, 3.63) is 11.2 Å². The van der Waals surface area contributed by atoms with E-state index in [-0.39, 0.29) is 24.1 Å². The monoisotopic (exact) mass is 432 g/mol. The Morgan fingerprint density at radius 1 is 1.36 bits per heavy atom. The van der Waals surface area contributed by atoms with Crippen molar-refractivity contribution in [2.45, 2.75) is 25.4 Å². The summed E-state index contributed by atoms with van der Waals surface area (Å²) in [6.07, 6.45) is 0. The molecule has 11 nitrogen and oxygen atoms in total. The van der Waals surface area contributed by atoms with Gasteiger partial charge in [-0.25, -0.2) is 13.1 Å². The summed E-state index contributed by atoms with van der Waals surface area (Å²) in [5.74, 6) is 0.689. The zero-order valence-corrected chi connectivity index (χ0v) is 17.5. The van der Waals surface area contributed by atoms with Gasteiger partial charge in [0.05, 0.1) is 17.9 Å². The molecule has 0 bridgehead atoms. The number of aromatic nitrogens is 4. The van der Waals surface area contributed by atoms with Crippen LogP contribution in [0.3, 0.4) is 0 Å². The molecule has 3 rings (SSSR count). The molecule has 3 heterocycles. The van der Waals surface area contributed by atoms with E-state index in [1.54, 1.807) is 19.9 Å². The minimum Gasteiger partial charge on any atom is -0.394 e. The summed E-state index contributed by atoms with van der Waals surface area (Å²) < 4.78 is 28.3. The van der Waals surface area contributed by atoms with Crippen molar-refractivity contribution in [2.75, 3.05) is 49.3 Å². The fourth-order valence-corrected chi connectivity index (χ4v) is 4.28. The lowest BCUT2D eigenvalue weighted by atomic mass is 10.1. The Labute approximate surface area is 168 Å². The molecule has 0 amide bonds. The predicted molar refractivity (Wildman–Crippen MR) is 107 cm³/mol. The van der Waals surface area contributed by atoms with Crippen molar-refractivity contribution in [1.82, 2.24) is 29.6 Å². The molecule has 1 saturated heterocycles. The minimum absolute atomic E-state index is 0.0962. The molecule has 1 fully saturated rings. The average Bonchev–Trinajstić information content (AvgIpc) is 2.93. The fraction of sp³-hybridized carbons (Fsp3) is 0.667. The largest absolute Gasteiger partial charge is 0.394 e. The van der Waals surface area contributed by atoms with Crippen LogP contribution >= 0.6 is 11.6 Å². The Morgan fingerprint density at radius 3 is 2.71 bits per heavy atom. The van der Waals surface area contributed by atoms with E-state index < -0.39 is 15.6 Å². The second-order valence-electron chi connectivity index (χ2n) is 7.36. The smallest absolute Gasteiger partial charge is 0.230 e. The summed E-state index contributed by atoms with van der Waals surface area (Å²) in [6, 6.07) is 2.01. The van der Waals surface area contributed by atoms with Gasteiger partial charge in [0.25, 0.3) is 0 Å². The Morgan fingerprint density at radius 2 is 2.07 bits per heavy atom. The maximum atomic E-state index is 12.2. The van der Waals surface area contributed by atoms with Gasteiger partial charge < -0.3 is 20.6 Å². The van der Waals surface area contributed by atoms with Gasteiger partial charge in [0.15, 0.2) is 10.8 Å². The van der Waals surface area contributed by atoms with E-state index in [4.69, 9.17) is 11.6 Å². The van der Waals surface area contributed by atoms with Crippen molar-refractivity contribution in [2.24, 2.45) is 0 Å². The van der Waals surface area contributed by atoms with Crippen molar-refractivity contribution >= 4 is 39.2 Å². The number of fused-ring (bicyclic) bond motifs is 1. The highest BCUT2D eigenvalue weighted by Crippen LogP contribution is 2.21. The van der Waals surface area contributed by atoms with Gasteiger partial charge in [-0.1, -0.05) is 11.6 Å². The van der Waals surface area contributed by atoms with E-state index in [1.165, 1.54) is 4.52 Å². The molecule has 28 heavy (non-hydrogen) atoms. The third kappa shape index (κ3) is 4.81. The quantitative estimate of drug-likeness (QED) is 0.404. The molecule has 1 aliphatic heterocycles. The van der Waals surface area contributed by atoms with Gasteiger partial charge in [-0.15, -0.1) is 0 Å². The van der Waals surface area contributed by atoms with Gasteiger partial charge in [-0.05, 0) is 20.9 Å². The Bertz CT molecular complexity index is 942. The number of halogens is 1. The van der Waals surface area contributed by atoms with E-state index in [2.05, 4.69) is 30.4 Å². The first-order valence-corrected chi connectivity index (χ1v) is 10.9. The molecular weight excluding hydrogens is 408 g/mol. The van der Waals surface area contributed by atoms with Gasteiger partial charge in [0, 0.05) is 31.7 Å². The Hall–Kier alpha value is -1.73. The van der Waals surface area contributed by atoms with Gasteiger partial charge in [-0.3, -0.25) is 0 Å². The zero-order valence-electron chi connectivity index (χ0n) is 16.0. The lowest BCUT2D eigenvalue weighted by Crippen LogP contribution is -2.57. The number of hydrogen-bond acceptors (Lipinski definition) is 9. The van der Waals surface area contributed by atoms with Crippen LogP contribution in [0, 0.1) is 0 Å². The normalized spacial score (nSPS) is 15.8. The van der Waals surface area contributed by atoms with Crippen LogP contribution in [0.4, 0.5) is 11.9 Å². The molecule has 13 heteroatoms. The van der Waals surface area contributed by atoms with Crippen molar-refractivity contribution < 1.29 is 13.5 Å². The van der Waals surface area contributed by atoms with Crippen molar-refractivity contribution in [3.8, 4) is 0 Å². The van der Waals surface area contributed by atoms with Crippen LogP contribution < -0.4 is 20.3 Å². The van der Waals surface area contributed by atoms with Crippen LogP contribution in [0.1, 0.15) is 13.8 Å². The molecule has 0 atom stereocenters. The molecule has 0 spiro atoms. The third-order valence-corrected chi connectivity index (χ3v) is 6.13. The summed E-state index contributed by atoms with van der Waals surface area (Å²) in [7, 11) is -1.69. The lowest BCUT2D eigenvalue weighted by Gasteiger charge is -2.39. The first-order valence-electron chi connectivity index (χ1n) is 8.84. The maximum Gasteiger partial charge on any atom is 0.230 e. The molecule has 1 aliphatic rings. The molecule has 156 valence electrons. The molecule has 2 aromatic heterocycles. The van der Waals surface area contributed by atoms with E-state index in [0.717, 1.165) is 13.1 Å². The highest BCUT2D eigenvalue weighted by atomic mass is 35.5. The number of rotatable bonds is 9. The summed E-state index contributed by atoms with van der Waals surface area (Å²) in [5, 5.41) is 19.8. The van der Waals surface area contributed by atoms with Gasteiger partial charge in [0.1, 0.15) is 0 Å². The Balaban J connectivity index is 1.73. The van der Waals surface area contributed by atoms with Gasteiger partial charge in [0.2, 0.25) is 21.9 Å². The van der Waals surface area contributed by atoms with Crippen LogP contribution in [0.2, 0.25) is 5.15 Å². The predicted octanol–water partition coefficient (Wildman–Crippen LogP) is -0.712. The summed E-state index contributed by atoms with van der Waals surface area (Å²) in [6.45, 7) is 4.57. The lowest BCUT2D eigenvalue weighted by molar-refractivity contribution is 0.208. The van der Waals surface area contributed by atoms with Crippen LogP contribution in [-0.2, 0) is 10.0 Å².